The van der Waals surface area contributed by atoms with Gasteiger partial charge in [0, 0.05) is 25.8 Å². The monoisotopic (exact) mass is 221 g/mol. The fourth-order valence-electron chi connectivity index (χ4n) is 1.31. The Morgan fingerprint density at radius 3 is 2.81 bits per heavy atom. The Kier molecular flexibility index (Phi) is 4.28. The normalized spacial score (nSPS) is 10.3. The quantitative estimate of drug-likeness (QED) is 0.845. The molecule has 1 rings (SSSR count). The predicted octanol–water partition coefficient (Wildman–Crippen LogP) is 1.99. The summed E-state index contributed by atoms with van der Waals surface area (Å²) in [5.74, 6) is 0.654. The van der Waals surface area contributed by atoms with Crippen LogP contribution in [0.2, 0.25) is 0 Å². The van der Waals surface area contributed by atoms with E-state index in [1.807, 2.05) is 20.8 Å². The standard InChI is InChI=1S/C12H19N3O/c1-5-13-11-10(7-6-8-14-11)12(16)15(4)9(2)3/h6-9H,5H2,1-4H3,(H,13,14). The molecule has 1 amide bonds. The average molecular weight is 221 g/mol. The lowest BCUT2D eigenvalue weighted by molar-refractivity contribution is 0.0755. The van der Waals surface area contributed by atoms with Gasteiger partial charge >= 0.3 is 0 Å². The molecule has 1 aromatic heterocycles. The molecule has 0 aromatic carbocycles. The number of rotatable bonds is 4. The summed E-state index contributed by atoms with van der Waals surface area (Å²) < 4.78 is 0. The van der Waals surface area contributed by atoms with Crippen molar-refractivity contribution in [3.8, 4) is 0 Å². The van der Waals surface area contributed by atoms with Crippen molar-refractivity contribution in [1.82, 2.24) is 9.88 Å². The zero-order valence-electron chi connectivity index (χ0n) is 10.3. The number of nitrogens with one attached hydrogen (secondary N) is 1. The van der Waals surface area contributed by atoms with Crippen LogP contribution in [0.3, 0.4) is 0 Å². The molecule has 0 fully saturated rings. The fourth-order valence-corrected chi connectivity index (χ4v) is 1.31. The Bertz CT molecular complexity index is 363. The van der Waals surface area contributed by atoms with Crippen LogP contribution in [0.1, 0.15) is 31.1 Å². The molecule has 88 valence electrons. The molecule has 4 heteroatoms. The van der Waals surface area contributed by atoms with Crippen molar-refractivity contribution in [2.45, 2.75) is 26.8 Å². The Labute approximate surface area is 96.7 Å². The average Bonchev–Trinajstić information content (AvgIpc) is 2.28. The molecule has 0 saturated carbocycles. The van der Waals surface area contributed by atoms with Crippen LogP contribution in [0.25, 0.3) is 0 Å². The molecule has 0 aliphatic heterocycles. The van der Waals surface area contributed by atoms with Crippen LogP contribution in [0.15, 0.2) is 18.3 Å². The Morgan fingerprint density at radius 2 is 2.25 bits per heavy atom. The number of aromatic nitrogens is 1. The number of amides is 1. The summed E-state index contributed by atoms with van der Waals surface area (Å²) >= 11 is 0. The first-order chi connectivity index (χ1) is 7.57. The van der Waals surface area contributed by atoms with E-state index in [9.17, 15) is 4.79 Å². The molecule has 0 atom stereocenters. The number of pyridine rings is 1. The van der Waals surface area contributed by atoms with Gasteiger partial charge in [0.05, 0.1) is 5.56 Å². The molecule has 16 heavy (non-hydrogen) atoms. The van der Waals surface area contributed by atoms with Gasteiger partial charge in [-0.3, -0.25) is 4.79 Å². The number of hydrogen-bond donors (Lipinski definition) is 1. The summed E-state index contributed by atoms with van der Waals surface area (Å²) in [5.41, 5.74) is 0.626. The summed E-state index contributed by atoms with van der Waals surface area (Å²) in [6.07, 6.45) is 1.68. The van der Waals surface area contributed by atoms with E-state index in [0.717, 1.165) is 6.54 Å². The highest BCUT2D eigenvalue weighted by atomic mass is 16.2. The summed E-state index contributed by atoms with van der Waals surface area (Å²) in [4.78, 5) is 18.0. The molecule has 0 spiro atoms. The zero-order chi connectivity index (χ0) is 12.1. The van der Waals surface area contributed by atoms with E-state index in [-0.39, 0.29) is 11.9 Å². The maximum Gasteiger partial charge on any atom is 0.257 e. The molecule has 0 unspecified atom stereocenters. The minimum absolute atomic E-state index is 0.000880. The van der Waals surface area contributed by atoms with Gasteiger partial charge in [0.25, 0.3) is 5.91 Å². The Hall–Kier alpha value is -1.58. The minimum Gasteiger partial charge on any atom is -0.370 e. The van der Waals surface area contributed by atoms with Gasteiger partial charge < -0.3 is 10.2 Å². The Balaban J connectivity index is 2.98. The van der Waals surface area contributed by atoms with Gasteiger partial charge in [0.1, 0.15) is 5.82 Å². The number of carbonyl (C=O) groups is 1. The second-order valence-electron chi connectivity index (χ2n) is 3.94. The molecular formula is C12H19N3O. The Morgan fingerprint density at radius 1 is 1.56 bits per heavy atom. The molecule has 0 radical (unpaired) electrons. The molecule has 0 aliphatic rings. The third kappa shape index (κ3) is 2.72. The number of nitrogens with zero attached hydrogens (tertiary/aromatic N) is 2. The topological polar surface area (TPSA) is 45.2 Å². The fraction of sp³-hybridized carbons (Fsp3) is 0.500. The van der Waals surface area contributed by atoms with E-state index >= 15 is 0 Å². The van der Waals surface area contributed by atoms with Gasteiger partial charge in [-0.05, 0) is 32.9 Å². The summed E-state index contributed by atoms with van der Waals surface area (Å²) in [7, 11) is 1.80. The molecule has 1 aromatic rings. The van der Waals surface area contributed by atoms with Crippen molar-refractivity contribution in [1.29, 1.82) is 0 Å². The van der Waals surface area contributed by atoms with Gasteiger partial charge in [-0.2, -0.15) is 0 Å². The molecular weight excluding hydrogens is 202 g/mol. The summed E-state index contributed by atoms with van der Waals surface area (Å²) in [6, 6.07) is 3.76. The maximum absolute atomic E-state index is 12.1. The van der Waals surface area contributed by atoms with E-state index in [0.29, 0.717) is 11.4 Å². The van der Waals surface area contributed by atoms with Crippen LogP contribution in [0.4, 0.5) is 5.82 Å². The first kappa shape index (κ1) is 12.5. The highest BCUT2D eigenvalue weighted by Crippen LogP contribution is 2.14. The lowest BCUT2D eigenvalue weighted by Gasteiger charge is -2.22. The molecule has 1 N–H and O–H groups in total. The molecule has 0 bridgehead atoms. The van der Waals surface area contributed by atoms with Gasteiger partial charge in [0.2, 0.25) is 0 Å². The van der Waals surface area contributed by atoms with Crippen molar-refractivity contribution in [2.24, 2.45) is 0 Å². The molecule has 1 heterocycles. The van der Waals surface area contributed by atoms with E-state index in [2.05, 4.69) is 10.3 Å². The maximum atomic E-state index is 12.1. The van der Waals surface area contributed by atoms with Crippen molar-refractivity contribution in [2.75, 3.05) is 18.9 Å². The lowest BCUT2D eigenvalue weighted by Crippen LogP contribution is -2.33. The predicted molar refractivity (Wildman–Crippen MR) is 65.6 cm³/mol. The van der Waals surface area contributed by atoms with Crippen molar-refractivity contribution in [3.63, 3.8) is 0 Å². The van der Waals surface area contributed by atoms with Gasteiger partial charge in [-0.25, -0.2) is 4.98 Å². The first-order valence-corrected chi connectivity index (χ1v) is 5.54. The van der Waals surface area contributed by atoms with Gasteiger partial charge in [-0.1, -0.05) is 0 Å². The summed E-state index contributed by atoms with van der Waals surface area (Å²) in [5, 5.41) is 3.09. The number of anilines is 1. The van der Waals surface area contributed by atoms with Crippen molar-refractivity contribution >= 4 is 11.7 Å². The number of hydrogen-bond acceptors (Lipinski definition) is 3. The molecule has 4 nitrogen and oxygen atoms in total. The van der Waals surface area contributed by atoms with E-state index in [1.165, 1.54) is 0 Å². The van der Waals surface area contributed by atoms with Crippen LogP contribution in [-0.4, -0.2) is 35.4 Å². The zero-order valence-corrected chi connectivity index (χ0v) is 10.3. The highest BCUT2D eigenvalue weighted by molar-refractivity contribution is 5.98. The third-order valence-corrected chi connectivity index (χ3v) is 2.48. The minimum atomic E-state index is -0.000880. The van der Waals surface area contributed by atoms with Crippen LogP contribution < -0.4 is 5.32 Å². The smallest absolute Gasteiger partial charge is 0.257 e. The number of carbonyl (C=O) groups excluding carboxylic acids is 1. The highest BCUT2D eigenvalue weighted by Gasteiger charge is 2.17. The van der Waals surface area contributed by atoms with Crippen molar-refractivity contribution < 1.29 is 4.79 Å². The lowest BCUT2D eigenvalue weighted by atomic mass is 10.2. The van der Waals surface area contributed by atoms with Crippen LogP contribution in [0.5, 0.6) is 0 Å². The van der Waals surface area contributed by atoms with Crippen molar-refractivity contribution in [3.05, 3.63) is 23.9 Å². The van der Waals surface area contributed by atoms with Crippen LogP contribution in [-0.2, 0) is 0 Å². The van der Waals surface area contributed by atoms with E-state index < -0.39 is 0 Å². The van der Waals surface area contributed by atoms with Crippen LogP contribution >= 0.6 is 0 Å². The second kappa shape index (κ2) is 5.49. The third-order valence-electron chi connectivity index (χ3n) is 2.48. The SMILES string of the molecule is CCNc1ncccc1C(=O)N(C)C(C)C. The molecule has 0 saturated heterocycles. The van der Waals surface area contributed by atoms with Gasteiger partial charge in [-0.15, -0.1) is 0 Å². The second-order valence-corrected chi connectivity index (χ2v) is 3.94. The van der Waals surface area contributed by atoms with E-state index in [4.69, 9.17) is 0 Å². The largest absolute Gasteiger partial charge is 0.370 e. The van der Waals surface area contributed by atoms with E-state index in [1.54, 1.807) is 30.3 Å². The first-order valence-electron chi connectivity index (χ1n) is 5.54. The van der Waals surface area contributed by atoms with Crippen LogP contribution in [0, 0.1) is 0 Å². The summed E-state index contributed by atoms with van der Waals surface area (Å²) in [6.45, 7) is 6.71. The van der Waals surface area contributed by atoms with Gasteiger partial charge in [0.15, 0.2) is 0 Å². The molecule has 0 aliphatic carbocycles.